The Hall–Kier alpha value is -4.51. The minimum absolute atomic E-state index is 0.0974. The Bertz CT molecular complexity index is 1780. The first-order valence-corrected chi connectivity index (χ1v) is 16.6. The van der Waals surface area contributed by atoms with E-state index in [2.05, 4.69) is 27.8 Å². The summed E-state index contributed by atoms with van der Waals surface area (Å²) in [7, 11) is 3.32. The number of hydrogen-bond donors (Lipinski definition) is 0. The quantitative estimate of drug-likeness (QED) is 0.200. The number of halogens is 3. The van der Waals surface area contributed by atoms with Crippen molar-refractivity contribution < 1.29 is 41.7 Å². The second kappa shape index (κ2) is 12.4. The van der Waals surface area contributed by atoms with Crippen molar-refractivity contribution >= 4 is 18.0 Å². The van der Waals surface area contributed by atoms with Gasteiger partial charge in [0.15, 0.2) is 11.5 Å². The first-order chi connectivity index (χ1) is 23.5. The molecule has 2 aliphatic heterocycles. The molecule has 1 amide bonds. The van der Waals surface area contributed by atoms with Gasteiger partial charge in [-0.1, -0.05) is 48.5 Å². The zero-order valence-electron chi connectivity index (χ0n) is 27.7. The molecule has 5 atom stereocenters. The van der Waals surface area contributed by atoms with E-state index in [9.17, 15) is 22.8 Å². The van der Waals surface area contributed by atoms with E-state index in [0.717, 1.165) is 30.6 Å². The summed E-state index contributed by atoms with van der Waals surface area (Å²) in [5.74, 6) is 0.186. The highest BCUT2D eigenvalue weighted by Crippen LogP contribution is 2.67. The number of ether oxygens (including phenoxy) is 4. The smallest absolute Gasteiger partial charge is 0.493 e. The van der Waals surface area contributed by atoms with Crippen LogP contribution in [0.2, 0.25) is 0 Å². The van der Waals surface area contributed by atoms with Gasteiger partial charge in [0.25, 0.3) is 0 Å². The lowest BCUT2D eigenvalue weighted by atomic mass is 9.48. The second-order valence-corrected chi connectivity index (χ2v) is 13.4. The van der Waals surface area contributed by atoms with E-state index < -0.39 is 23.5 Å². The Morgan fingerprint density at radius 3 is 2.61 bits per heavy atom. The van der Waals surface area contributed by atoms with Crippen LogP contribution in [0.1, 0.15) is 48.4 Å². The number of carbonyl (C=O) groups excluding carboxylic acids is 2. The highest BCUT2D eigenvalue weighted by Gasteiger charge is 2.75. The van der Waals surface area contributed by atoms with Crippen LogP contribution in [0, 0.1) is 0 Å². The molecule has 0 radical (unpaired) electrons. The van der Waals surface area contributed by atoms with Crippen molar-refractivity contribution in [2.24, 2.45) is 0 Å². The maximum Gasteiger partial charge on any atom is 0.573 e. The molecule has 2 heterocycles. The minimum atomic E-state index is -4.82. The molecule has 2 aliphatic carbocycles. The zero-order valence-corrected chi connectivity index (χ0v) is 27.7. The first kappa shape index (κ1) is 33.0. The Balaban J connectivity index is 1.23. The predicted molar refractivity (Wildman–Crippen MR) is 175 cm³/mol. The Morgan fingerprint density at radius 2 is 1.88 bits per heavy atom. The average Bonchev–Trinajstić information content (AvgIpc) is 3.41. The molecule has 49 heavy (non-hydrogen) atoms. The number of likely N-dealkylation sites (N-methyl/N-ethyl adjacent to an activating group) is 1. The van der Waals surface area contributed by atoms with Gasteiger partial charge in [0, 0.05) is 32.2 Å². The molecule has 1 saturated heterocycles. The van der Waals surface area contributed by atoms with Crippen molar-refractivity contribution in [3.8, 4) is 17.2 Å². The van der Waals surface area contributed by atoms with Gasteiger partial charge in [-0.15, -0.1) is 13.2 Å². The molecular formula is C38H39F3N2O6. The molecular weight excluding hydrogens is 637 g/mol. The van der Waals surface area contributed by atoms with Crippen LogP contribution >= 0.6 is 0 Å². The summed E-state index contributed by atoms with van der Waals surface area (Å²) in [5.41, 5.74) is 2.15. The lowest BCUT2D eigenvalue weighted by Gasteiger charge is -2.65. The number of alkyl halides is 3. The topological polar surface area (TPSA) is 77.5 Å². The number of methoxy groups -OCH3 is 1. The van der Waals surface area contributed by atoms with Crippen LogP contribution in [0.5, 0.6) is 17.2 Å². The first-order valence-electron chi connectivity index (χ1n) is 16.6. The Kier molecular flexibility index (Phi) is 8.37. The Labute approximate surface area is 283 Å². The molecule has 1 spiro atoms. The third-order valence-electron chi connectivity index (χ3n) is 10.9. The molecule has 258 valence electrons. The van der Waals surface area contributed by atoms with Gasteiger partial charge in [0.1, 0.15) is 17.5 Å². The van der Waals surface area contributed by atoms with Crippen LogP contribution in [-0.4, -0.2) is 79.1 Å². The SMILES string of the molecule is COc1ccc2c3c1OC1C(N(C)C(=O)/C=C/c4cccc(OC(F)(F)F)c4)CC[C@@]4(OC(C)=O)[C@@H](C2)N(CCc2ccccc2)CC[C@]314. The van der Waals surface area contributed by atoms with Gasteiger partial charge in [0.2, 0.25) is 5.91 Å². The number of amides is 1. The van der Waals surface area contributed by atoms with Crippen molar-refractivity contribution in [2.45, 2.75) is 74.6 Å². The minimum Gasteiger partial charge on any atom is -0.493 e. The average molecular weight is 677 g/mol. The molecule has 1 saturated carbocycles. The number of esters is 1. The second-order valence-electron chi connectivity index (χ2n) is 13.4. The highest BCUT2D eigenvalue weighted by molar-refractivity contribution is 5.92. The van der Waals surface area contributed by atoms with Crippen molar-refractivity contribution in [1.29, 1.82) is 0 Å². The van der Waals surface area contributed by atoms with Crippen molar-refractivity contribution in [3.63, 3.8) is 0 Å². The summed E-state index contributed by atoms with van der Waals surface area (Å²) in [6.45, 7) is 3.03. The maximum atomic E-state index is 13.7. The number of likely N-dealkylation sites (tertiary alicyclic amines) is 1. The van der Waals surface area contributed by atoms with E-state index in [1.165, 1.54) is 42.8 Å². The molecule has 2 unspecified atom stereocenters. The molecule has 0 N–H and O–H groups in total. The summed E-state index contributed by atoms with van der Waals surface area (Å²) in [4.78, 5) is 30.9. The molecule has 7 rings (SSSR count). The van der Waals surface area contributed by atoms with E-state index in [4.69, 9.17) is 14.2 Å². The fourth-order valence-electron chi connectivity index (χ4n) is 9.04. The maximum absolute atomic E-state index is 13.7. The van der Waals surface area contributed by atoms with Crippen LogP contribution in [0.15, 0.2) is 72.8 Å². The number of rotatable bonds is 9. The monoisotopic (exact) mass is 676 g/mol. The molecule has 3 aromatic carbocycles. The molecule has 11 heteroatoms. The summed E-state index contributed by atoms with van der Waals surface area (Å²) in [6.07, 6.45) is 0.709. The lowest BCUT2D eigenvalue weighted by molar-refractivity contribution is -0.274. The largest absolute Gasteiger partial charge is 0.573 e. The summed E-state index contributed by atoms with van der Waals surface area (Å²) in [6, 6.07) is 19.3. The van der Waals surface area contributed by atoms with Gasteiger partial charge in [0.05, 0.1) is 24.6 Å². The van der Waals surface area contributed by atoms with E-state index >= 15 is 0 Å². The van der Waals surface area contributed by atoms with Crippen molar-refractivity contribution in [3.05, 3.63) is 95.1 Å². The number of carbonyl (C=O) groups is 2. The molecule has 2 fully saturated rings. The van der Waals surface area contributed by atoms with E-state index in [0.29, 0.717) is 42.7 Å². The van der Waals surface area contributed by atoms with Crippen LogP contribution in [0.4, 0.5) is 13.2 Å². The lowest BCUT2D eigenvalue weighted by Crippen LogP contribution is -2.79. The van der Waals surface area contributed by atoms with Crippen LogP contribution in [-0.2, 0) is 32.6 Å². The van der Waals surface area contributed by atoms with Gasteiger partial charge in [-0.05, 0) is 79.6 Å². The molecule has 3 aromatic rings. The Morgan fingerprint density at radius 1 is 1.08 bits per heavy atom. The van der Waals surface area contributed by atoms with E-state index in [1.807, 2.05) is 24.3 Å². The number of piperidine rings is 1. The summed E-state index contributed by atoms with van der Waals surface area (Å²) < 4.78 is 61.6. The van der Waals surface area contributed by atoms with Gasteiger partial charge >= 0.3 is 12.3 Å². The van der Waals surface area contributed by atoms with Crippen LogP contribution in [0.3, 0.4) is 0 Å². The number of benzene rings is 3. The zero-order chi connectivity index (χ0) is 34.6. The third-order valence-corrected chi connectivity index (χ3v) is 10.9. The van der Waals surface area contributed by atoms with Crippen LogP contribution < -0.4 is 14.2 Å². The highest BCUT2D eigenvalue weighted by atomic mass is 19.4. The number of nitrogens with zero attached hydrogens (tertiary/aromatic N) is 2. The number of hydrogen-bond acceptors (Lipinski definition) is 7. The normalized spacial score (nSPS) is 26.9. The summed E-state index contributed by atoms with van der Waals surface area (Å²) in [5, 5.41) is 0. The fourth-order valence-corrected chi connectivity index (χ4v) is 9.04. The van der Waals surface area contributed by atoms with Gasteiger partial charge in [-0.2, -0.15) is 0 Å². The third kappa shape index (κ3) is 5.61. The van der Waals surface area contributed by atoms with Gasteiger partial charge in [-0.3, -0.25) is 14.5 Å². The van der Waals surface area contributed by atoms with Crippen molar-refractivity contribution in [1.82, 2.24) is 9.80 Å². The summed E-state index contributed by atoms with van der Waals surface area (Å²) >= 11 is 0. The van der Waals surface area contributed by atoms with Gasteiger partial charge in [-0.25, -0.2) is 0 Å². The van der Waals surface area contributed by atoms with Gasteiger partial charge < -0.3 is 23.8 Å². The molecule has 8 nitrogen and oxygen atoms in total. The fraction of sp³-hybridized carbons (Fsp3) is 0.421. The molecule has 2 bridgehead atoms. The van der Waals surface area contributed by atoms with E-state index in [1.54, 1.807) is 25.1 Å². The van der Waals surface area contributed by atoms with Crippen LogP contribution in [0.25, 0.3) is 6.08 Å². The standard InChI is InChI=1S/C38H39F3N2O6/c1-24(44)48-37-18-16-29(42(2)32(45)15-12-26-10-7-11-28(22-26)49-38(39,40)41)35-36(37)19-21-43(20-17-25-8-5-4-6-9-25)31(37)23-27-13-14-30(46-3)34(47-35)33(27)36/h4-15,22,29,31,35H,16-21,23H2,1-3H3/b15-12+/t29?,31-,35?,36+,37-/m1/s1. The van der Waals surface area contributed by atoms with E-state index in [-0.39, 0.29) is 29.7 Å². The predicted octanol–water partition coefficient (Wildman–Crippen LogP) is 6.10. The van der Waals surface area contributed by atoms with Crippen molar-refractivity contribution in [2.75, 3.05) is 27.2 Å². The molecule has 4 aliphatic rings. The molecule has 0 aromatic heterocycles.